The van der Waals surface area contributed by atoms with Crippen LogP contribution in [-0.2, 0) is 0 Å². The third kappa shape index (κ3) is 6.17. The van der Waals surface area contributed by atoms with Gasteiger partial charge in [-0.1, -0.05) is 76.6 Å². The molecule has 0 fully saturated rings. The van der Waals surface area contributed by atoms with Crippen molar-refractivity contribution >= 4 is 45.0 Å². The first-order chi connectivity index (χ1) is 21.9. The Bertz CT molecular complexity index is 2100. The summed E-state index contributed by atoms with van der Waals surface area (Å²) >= 11 is 3.36. The zero-order valence-electron chi connectivity index (χ0n) is 24.3. The SMILES string of the molecule is COc1ccc(-c2ccccc2)c2nc(N)nn12.COc1ccc(-c2ccccc2)c2nc(NC(=O)c3ccc(Br)cc3)nn12. The molecule has 0 spiro atoms. The second-order valence-corrected chi connectivity index (χ2v) is 10.6. The Morgan fingerprint density at radius 2 is 1.20 bits per heavy atom. The molecule has 3 N–H and O–H groups in total. The molecule has 0 bridgehead atoms. The Morgan fingerprint density at radius 1 is 0.689 bits per heavy atom. The first kappa shape index (κ1) is 29.3. The van der Waals surface area contributed by atoms with Crippen molar-refractivity contribution in [2.75, 3.05) is 25.3 Å². The zero-order chi connectivity index (χ0) is 31.3. The topological polar surface area (TPSA) is 134 Å². The second kappa shape index (κ2) is 12.9. The summed E-state index contributed by atoms with van der Waals surface area (Å²) in [6.45, 7) is 0. The van der Waals surface area contributed by atoms with Gasteiger partial charge < -0.3 is 15.2 Å². The van der Waals surface area contributed by atoms with E-state index >= 15 is 0 Å². The number of carbonyl (C=O) groups excluding carboxylic acids is 1. The Balaban J connectivity index is 0.000000172. The Morgan fingerprint density at radius 3 is 1.73 bits per heavy atom. The molecule has 0 saturated heterocycles. The summed E-state index contributed by atoms with van der Waals surface area (Å²) < 4.78 is 14.7. The van der Waals surface area contributed by atoms with E-state index in [1.54, 1.807) is 35.4 Å². The lowest BCUT2D eigenvalue weighted by atomic mass is 10.1. The van der Waals surface area contributed by atoms with E-state index in [2.05, 4.69) is 41.4 Å². The fourth-order valence-corrected chi connectivity index (χ4v) is 4.98. The number of nitrogens with two attached hydrogens (primary N) is 1. The Hall–Kier alpha value is -5.75. The number of nitrogens with zero attached hydrogens (tertiary/aromatic N) is 6. The molecular weight excluding hydrogens is 636 g/mol. The monoisotopic (exact) mass is 662 g/mol. The molecule has 1 amide bonds. The lowest BCUT2D eigenvalue weighted by Gasteiger charge is -2.06. The molecule has 224 valence electrons. The predicted octanol–water partition coefficient (Wildman–Crippen LogP) is 6.41. The van der Waals surface area contributed by atoms with E-state index in [1.165, 1.54) is 0 Å². The van der Waals surface area contributed by atoms with Crippen molar-refractivity contribution in [3.05, 3.63) is 119 Å². The highest BCUT2D eigenvalue weighted by molar-refractivity contribution is 9.10. The summed E-state index contributed by atoms with van der Waals surface area (Å²) in [5, 5.41) is 11.3. The van der Waals surface area contributed by atoms with Crippen molar-refractivity contribution in [1.29, 1.82) is 0 Å². The summed E-state index contributed by atoms with van der Waals surface area (Å²) in [7, 11) is 3.16. The molecule has 0 unspecified atom stereocenters. The van der Waals surface area contributed by atoms with Gasteiger partial charge in [0.15, 0.2) is 11.3 Å². The van der Waals surface area contributed by atoms with Crippen LogP contribution in [-0.4, -0.2) is 49.3 Å². The summed E-state index contributed by atoms with van der Waals surface area (Å²) in [6.07, 6.45) is 0. The molecule has 12 heteroatoms. The molecule has 0 atom stereocenters. The first-order valence-electron chi connectivity index (χ1n) is 13.8. The number of carbonyl (C=O) groups is 1. The number of nitrogens with one attached hydrogen (secondary N) is 1. The summed E-state index contributed by atoms with van der Waals surface area (Å²) in [6, 6.07) is 34.5. The van der Waals surface area contributed by atoms with Gasteiger partial charge in [0.25, 0.3) is 5.91 Å². The smallest absolute Gasteiger partial charge is 0.258 e. The lowest BCUT2D eigenvalue weighted by molar-refractivity contribution is 0.102. The van der Waals surface area contributed by atoms with E-state index in [-0.39, 0.29) is 17.8 Å². The maximum absolute atomic E-state index is 12.5. The highest BCUT2D eigenvalue weighted by atomic mass is 79.9. The van der Waals surface area contributed by atoms with Gasteiger partial charge >= 0.3 is 0 Å². The van der Waals surface area contributed by atoms with Crippen molar-refractivity contribution in [2.45, 2.75) is 0 Å². The number of nitrogen functional groups attached to an aromatic ring is 1. The van der Waals surface area contributed by atoms with Crippen LogP contribution in [0.4, 0.5) is 11.9 Å². The number of anilines is 2. The number of hydrogen-bond donors (Lipinski definition) is 2. The fourth-order valence-electron chi connectivity index (χ4n) is 4.72. The van der Waals surface area contributed by atoms with Gasteiger partial charge in [-0.05, 0) is 47.5 Å². The van der Waals surface area contributed by atoms with Crippen LogP contribution in [0.3, 0.4) is 0 Å². The number of methoxy groups -OCH3 is 2. The molecule has 0 aliphatic heterocycles. The van der Waals surface area contributed by atoms with Gasteiger partial charge in [-0.3, -0.25) is 10.1 Å². The van der Waals surface area contributed by atoms with Gasteiger partial charge in [-0.15, -0.1) is 10.2 Å². The number of hydrogen-bond acceptors (Lipinski definition) is 8. The van der Waals surface area contributed by atoms with E-state index in [1.807, 2.05) is 97.1 Å². The quantitative estimate of drug-likeness (QED) is 0.209. The number of amides is 1. The standard InChI is InChI=1S/C20H15BrN4O2.C13H12N4O/c1-27-17-12-11-16(13-5-3-2-4-6-13)18-22-20(24-25(17)18)23-19(26)14-7-9-15(21)10-8-14;1-18-11-8-7-10(9-5-3-2-4-6-9)12-15-13(14)16-17(11)12/h2-12H,1H3,(H,23,24,26);2-8H,1H3,(H2,14,16). The number of halogens is 1. The average Bonchev–Trinajstić information content (AvgIpc) is 3.68. The molecule has 7 rings (SSSR count). The minimum Gasteiger partial charge on any atom is -0.481 e. The molecule has 4 heterocycles. The van der Waals surface area contributed by atoms with Gasteiger partial charge in [0.1, 0.15) is 0 Å². The maximum Gasteiger partial charge on any atom is 0.258 e. The number of ether oxygens (including phenoxy) is 2. The number of pyridine rings is 2. The molecule has 45 heavy (non-hydrogen) atoms. The first-order valence-corrected chi connectivity index (χ1v) is 14.5. The predicted molar refractivity (Wildman–Crippen MR) is 176 cm³/mol. The van der Waals surface area contributed by atoms with Gasteiger partial charge in [-0.2, -0.15) is 19.0 Å². The molecule has 4 aromatic heterocycles. The molecule has 11 nitrogen and oxygen atoms in total. The Labute approximate surface area is 266 Å². The molecule has 0 aliphatic rings. The second-order valence-electron chi connectivity index (χ2n) is 9.65. The number of benzene rings is 3. The normalized spacial score (nSPS) is 10.7. The summed E-state index contributed by atoms with van der Waals surface area (Å²) in [5.74, 6) is 1.30. The number of fused-ring (bicyclic) bond motifs is 2. The molecule has 0 aliphatic carbocycles. The molecule has 3 aromatic carbocycles. The van der Waals surface area contributed by atoms with Crippen LogP contribution in [0.2, 0.25) is 0 Å². The fraction of sp³-hybridized carbons (Fsp3) is 0.0606. The highest BCUT2D eigenvalue weighted by Gasteiger charge is 2.16. The van der Waals surface area contributed by atoms with Crippen LogP contribution in [0.25, 0.3) is 33.5 Å². The minimum absolute atomic E-state index is 0.213. The Kier molecular flexibility index (Phi) is 8.38. The van der Waals surface area contributed by atoms with E-state index in [0.29, 0.717) is 28.6 Å². The van der Waals surface area contributed by atoms with Crippen molar-refractivity contribution in [3.63, 3.8) is 0 Å². The van der Waals surface area contributed by atoms with Crippen LogP contribution >= 0.6 is 15.9 Å². The average molecular weight is 664 g/mol. The molecule has 7 aromatic rings. The van der Waals surface area contributed by atoms with E-state index in [0.717, 1.165) is 26.7 Å². The lowest BCUT2D eigenvalue weighted by Crippen LogP contribution is -2.12. The number of rotatable bonds is 6. The third-order valence-electron chi connectivity index (χ3n) is 6.83. The molecule has 0 radical (unpaired) electrons. The van der Waals surface area contributed by atoms with Gasteiger partial charge in [0.2, 0.25) is 23.7 Å². The van der Waals surface area contributed by atoms with E-state index in [4.69, 9.17) is 15.2 Å². The number of aromatic nitrogens is 6. The molecular formula is C33H27BrN8O3. The van der Waals surface area contributed by atoms with E-state index in [9.17, 15) is 4.79 Å². The van der Waals surface area contributed by atoms with Crippen LogP contribution in [0.5, 0.6) is 11.8 Å². The van der Waals surface area contributed by atoms with Crippen LogP contribution in [0, 0.1) is 0 Å². The van der Waals surface area contributed by atoms with Gasteiger partial charge in [0.05, 0.1) is 14.2 Å². The van der Waals surface area contributed by atoms with Crippen molar-refractivity contribution in [1.82, 2.24) is 29.2 Å². The maximum atomic E-state index is 12.5. The summed E-state index contributed by atoms with van der Waals surface area (Å²) in [5.41, 5.74) is 11.4. The van der Waals surface area contributed by atoms with Crippen LogP contribution < -0.4 is 20.5 Å². The van der Waals surface area contributed by atoms with Crippen LogP contribution in [0.15, 0.2) is 114 Å². The van der Waals surface area contributed by atoms with Gasteiger partial charge in [-0.25, -0.2) is 0 Å². The minimum atomic E-state index is -0.279. The zero-order valence-corrected chi connectivity index (χ0v) is 25.8. The largest absolute Gasteiger partial charge is 0.481 e. The van der Waals surface area contributed by atoms with Crippen molar-refractivity contribution in [3.8, 4) is 34.0 Å². The van der Waals surface area contributed by atoms with Crippen molar-refractivity contribution < 1.29 is 14.3 Å². The summed E-state index contributed by atoms with van der Waals surface area (Å²) in [4.78, 5) is 21.2. The van der Waals surface area contributed by atoms with Gasteiger partial charge in [0, 0.05) is 33.3 Å². The highest BCUT2D eigenvalue weighted by Crippen LogP contribution is 2.29. The van der Waals surface area contributed by atoms with Crippen LogP contribution in [0.1, 0.15) is 10.4 Å². The van der Waals surface area contributed by atoms with E-state index < -0.39 is 0 Å². The molecule has 0 saturated carbocycles. The van der Waals surface area contributed by atoms with Crippen molar-refractivity contribution in [2.24, 2.45) is 0 Å². The third-order valence-corrected chi connectivity index (χ3v) is 7.36.